The Morgan fingerprint density at radius 2 is 2.03 bits per heavy atom. The number of rotatable bonds is 5. The monoisotopic (exact) mass is 420 g/mol. The maximum atomic E-state index is 12.1. The third-order valence-electron chi connectivity index (χ3n) is 5.64. The molecule has 1 atom stereocenters. The van der Waals surface area contributed by atoms with E-state index in [1.165, 1.54) is 13.5 Å². The minimum atomic E-state index is -0.473. The number of pyridine rings is 2. The van der Waals surface area contributed by atoms with Crippen LogP contribution < -0.4 is 10.2 Å². The van der Waals surface area contributed by atoms with Gasteiger partial charge in [0.25, 0.3) is 0 Å². The lowest BCUT2D eigenvalue weighted by Gasteiger charge is -2.30. The van der Waals surface area contributed by atoms with Crippen LogP contribution in [0.2, 0.25) is 0 Å². The predicted molar refractivity (Wildman–Crippen MR) is 121 cm³/mol. The first-order valence-electron chi connectivity index (χ1n) is 10.7. The van der Waals surface area contributed by atoms with Crippen LogP contribution in [0.5, 0.6) is 0 Å². The fraction of sp³-hybridized carbons (Fsp3) is 0.435. The van der Waals surface area contributed by atoms with E-state index in [9.17, 15) is 4.79 Å². The molecule has 1 aliphatic heterocycles. The number of nitrogens with one attached hydrogen (secondary N) is 1. The third kappa shape index (κ3) is 4.42. The fourth-order valence-corrected chi connectivity index (χ4v) is 4.02. The molecule has 0 amide bonds. The van der Waals surface area contributed by atoms with Crippen molar-refractivity contribution in [3.05, 3.63) is 42.0 Å². The summed E-state index contributed by atoms with van der Waals surface area (Å²) in [5, 5.41) is 4.88. The molecule has 1 aliphatic rings. The van der Waals surface area contributed by atoms with Gasteiger partial charge in [0.15, 0.2) is 5.69 Å². The summed E-state index contributed by atoms with van der Waals surface area (Å²) in [5.41, 5.74) is 1.31. The van der Waals surface area contributed by atoms with Crippen molar-refractivity contribution in [2.24, 2.45) is 5.92 Å². The lowest BCUT2D eigenvalue weighted by molar-refractivity contribution is 0.0596. The van der Waals surface area contributed by atoms with Crippen LogP contribution in [0.15, 0.2) is 30.7 Å². The first kappa shape index (κ1) is 21.0. The van der Waals surface area contributed by atoms with Gasteiger partial charge in [-0.1, -0.05) is 20.8 Å². The van der Waals surface area contributed by atoms with E-state index >= 15 is 0 Å². The Labute approximate surface area is 182 Å². The maximum Gasteiger partial charge on any atom is 0.357 e. The van der Waals surface area contributed by atoms with Crippen molar-refractivity contribution in [1.82, 2.24) is 19.9 Å². The zero-order valence-electron chi connectivity index (χ0n) is 18.4. The average molecular weight is 421 g/mol. The molecule has 3 aromatic rings. The molecular weight excluding hydrogens is 392 g/mol. The third-order valence-corrected chi connectivity index (χ3v) is 5.64. The van der Waals surface area contributed by atoms with Gasteiger partial charge in [-0.05, 0) is 47.8 Å². The second-order valence-electron chi connectivity index (χ2n) is 8.38. The van der Waals surface area contributed by atoms with Gasteiger partial charge in [-0.3, -0.25) is 0 Å². The van der Waals surface area contributed by atoms with Crippen molar-refractivity contribution in [2.75, 3.05) is 30.4 Å². The van der Waals surface area contributed by atoms with Gasteiger partial charge < -0.3 is 15.0 Å². The number of nitrogens with zero attached hydrogens (tertiary/aromatic N) is 5. The molecule has 31 heavy (non-hydrogen) atoms. The smallest absolute Gasteiger partial charge is 0.357 e. The molecule has 0 saturated carbocycles. The lowest BCUT2D eigenvalue weighted by atomic mass is 9.98. The second kappa shape index (κ2) is 8.83. The summed E-state index contributed by atoms with van der Waals surface area (Å²) in [6.45, 7) is 8.40. The number of methoxy groups -OCH3 is 1. The van der Waals surface area contributed by atoms with E-state index in [4.69, 9.17) is 9.72 Å². The topological polar surface area (TPSA) is 93.1 Å². The second-order valence-corrected chi connectivity index (χ2v) is 8.38. The van der Waals surface area contributed by atoms with E-state index in [0.717, 1.165) is 36.4 Å². The first-order valence-corrected chi connectivity index (χ1v) is 10.7. The maximum absolute atomic E-state index is 12.1. The van der Waals surface area contributed by atoms with E-state index in [0.29, 0.717) is 22.9 Å². The zero-order chi connectivity index (χ0) is 22.0. The van der Waals surface area contributed by atoms with Crippen molar-refractivity contribution in [3.63, 3.8) is 0 Å². The van der Waals surface area contributed by atoms with E-state index in [1.54, 1.807) is 18.6 Å². The van der Waals surface area contributed by atoms with Gasteiger partial charge >= 0.3 is 5.97 Å². The van der Waals surface area contributed by atoms with Gasteiger partial charge in [-0.25, -0.2) is 19.7 Å². The van der Waals surface area contributed by atoms with E-state index in [-0.39, 0.29) is 11.6 Å². The van der Waals surface area contributed by atoms with Crippen LogP contribution >= 0.6 is 0 Å². The van der Waals surface area contributed by atoms with Crippen LogP contribution in [0.3, 0.4) is 0 Å². The highest BCUT2D eigenvalue weighted by Gasteiger charge is 2.20. The Morgan fingerprint density at radius 3 is 2.77 bits per heavy atom. The highest BCUT2D eigenvalue weighted by atomic mass is 16.5. The summed E-state index contributed by atoms with van der Waals surface area (Å²) in [6, 6.07) is 3.77. The summed E-state index contributed by atoms with van der Waals surface area (Å²) in [5.74, 6) is 2.47. The van der Waals surface area contributed by atoms with Gasteiger partial charge in [-0.15, -0.1) is 0 Å². The molecule has 4 rings (SSSR count). The first-order chi connectivity index (χ1) is 15.0. The van der Waals surface area contributed by atoms with Crippen molar-refractivity contribution >= 4 is 34.3 Å². The average Bonchev–Trinajstić information content (AvgIpc) is 2.77. The quantitative estimate of drug-likeness (QED) is 0.611. The van der Waals surface area contributed by atoms with Crippen molar-refractivity contribution in [1.29, 1.82) is 0 Å². The van der Waals surface area contributed by atoms with Crippen LogP contribution in [0.1, 0.15) is 55.6 Å². The van der Waals surface area contributed by atoms with Crippen LogP contribution in [0, 0.1) is 5.92 Å². The predicted octanol–water partition coefficient (Wildman–Crippen LogP) is 4.31. The normalized spacial score (nSPS) is 16.5. The van der Waals surface area contributed by atoms with Crippen molar-refractivity contribution in [3.8, 4) is 0 Å². The molecule has 4 heterocycles. The zero-order valence-corrected chi connectivity index (χ0v) is 18.4. The summed E-state index contributed by atoms with van der Waals surface area (Å²) in [4.78, 5) is 32.4. The van der Waals surface area contributed by atoms with Crippen molar-refractivity contribution in [2.45, 2.75) is 39.5 Å². The number of aromatic nitrogens is 4. The molecule has 162 valence electrons. The SMILES string of the molecule is COC(=O)c1ncc(C(C)C)c2cc(Nc3ccnc(N4CCCC(C)C4)n3)ncc12. The molecule has 0 aromatic carbocycles. The molecule has 1 N–H and O–H groups in total. The molecular formula is C23H28N6O2. The number of esters is 1. The number of carbonyl (C=O) groups excluding carboxylic acids is 1. The summed E-state index contributed by atoms with van der Waals surface area (Å²) in [6.07, 6.45) is 7.57. The lowest BCUT2D eigenvalue weighted by Crippen LogP contribution is -2.35. The largest absolute Gasteiger partial charge is 0.464 e. The summed E-state index contributed by atoms with van der Waals surface area (Å²) in [7, 11) is 1.35. The number of fused-ring (bicyclic) bond motifs is 1. The van der Waals surface area contributed by atoms with E-state index < -0.39 is 5.97 Å². The number of ether oxygens (including phenoxy) is 1. The number of hydrogen-bond acceptors (Lipinski definition) is 8. The minimum Gasteiger partial charge on any atom is -0.464 e. The standard InChI is InChI=1S/C23H28N6O2/c1-14(2)17-11-26-21(22(30)31-4)18-12-25-20(10-16(17)18)27-19-7-8-24-23(28-19)29-9-5-6-15(3)13-29/h7-8,10-12,14-15H,5-6,9,13H2,1-4H3,(H,24,25,27,28). The fourth-order valence-electron chi connectivity index (χ4n) is 4.02. The number of piperidine rings is 1. The Kier molecular flexibility index (Phi) is 5.97. The van der Waals surface area contributed by atoms with Gasteiger partial charge in [-0.2, -0.15) is 4.98 Å². The van der Waals surface area contributed by atoms with Gasteiger partial charge in [0.05, 0.1) is 7.11 Å². The molecule has 0 radical (unpaired) electrons. The van der Waals surface area contributed by atoms with Crippen LogP contribution in [0.25, 0.3) is 10.8 Å². The Morgan fingerprint density at radius 1 is 1.19 bits per heavy atom. The Hall–Kier alpha value is -3.29. The van der Waals surface area contributed by atoms with E-state index in [1.807, 2.05) is 12.1 Å². The summed E-state index contributed by atoms with van der Waals surface area (Å²) < 4.78 is 4.88. The Bertz CT molecular complexity index is 1100. The number of carbonyl (C=O) groups is 1. The van der Waals surface area contributed by atoms with Gasteiger partial charge in [0, 0.05) is 37.1 Å². The molecule has 1 unspecified atom stereocenters. The number of anilines is 3. The molecule has 0 aliphatic carbocycles. The number of hydrogen-bond donors (Lipinski definition) is 1. The molecule has 3 aromatic heterocycles. The van der Waals surface area contributed by atoms with Crippen LogP contribution in [0.4, 0.5) is 17.6 Å². The molecule has 1 fully saturated rings. The van der Waals surface area contributed by atoms with Crippen LogP contribution in [-0.2, 0) is 4.74 Å². The van der Waals surface area contributed by atoms with Crippen molar-refractivity contribution < 1.29 is 9.53 Å². The van der Waals surface area contributed by atoms with E-state index in [2.05, 4.69) is 45.9 Å². The molecule has 0 spiro atoms. The molecule has 8 nitrogen and oxygen atoms in total. The molecule has 8 heteroatoms. The van der Waals surface area contributed by atoms with Crippen LogP contribution in [-0.4, -0.2) is 46.1 Å². The Balaban J connectivity index is 1.67. The summed E-state index contributed by atoms with van der Waals surface area (Å²) >= 11 is 0. The highest BCUT2D eigenvalue weighted by molar-refractivity contribution is 6.04. The molecule has 1 saturated heterocycles. The van der Waals surface area contributed by atoms with Gasteiger partial charge in [0.2, 0.25) is 5.95 Å². The highest BCUT2D eigenvalue weighted by Crippen LogP contribution is 2.29. The molecule has 0 bridgehead atoms. The van der Waals surface area contributed by atoms with Gasteiger partial charge in [0.1, 0.15) is 11.6 Å². The minimum absolute atomic E-state index is 0.240.